The van der Waals surface area contributed by atoms with Crippen molar-refractivity contribution in [2.75, 3.05) is 20.1 Å². The van der Waals surface area contributed by atoms with Crippen LogP contribution in [0.3, 0.4) is 0 Å². The van der Waals surface area contributed by atoms with Gasteiger partial charge in [0.15, 0.2) is 0 Å². The zero-order chi connectivity index (χ0) is 29.0. The van der Waals surface area contributed by atoms with Crippen molar-refractivity contribution in [1.29, 1.82) is 0 Å². The molecule has 1 heterocycles. The third-order valence-electron chi connectivity index (χ3n) is 7.37. The third kappa shape index (κ3) is 7.69. The minimum Gasteiger partial charge on any atom is -0.340 e. The minimum atomic E-state index is -4.76. The van der Waals surface area contributed by atoms with Crippen molar-refractivity contribution >= 4 is 40.7 Å². The molecule has 4 rings (SSSR count). The van der Waals surface area contributed by atoms with Crippen molar-refractivity contribution < 1.29 is 22.4 Å². The lowest BCUT2D eigenvalue weighted by molar-refractivity contribution is -0.140. The quantitative estimate of drug-likeness (QED) is 0.178. The minimum absolute atomic E-state index is 0.0395. The Bertz CT molecular complexity index is 1330. The molecule has 1 amide bonds. The van der Waals surface area contributed by atoms with Crippen LogP contribution in [0.5, 0.6) is 0 Å². The molecule has 1 fully saturated rings. The Kier molecular flexibility index (Phi) is 10.0. The summed E-state index contributed by atoms with van der Waals surface area (Å²) in [7, 11) is 1.82. The summed E-state index contributed by atoms with van der Waals surface area (Å²) in [4.78, 5) is 17.0. The summed E-state index contributed by atoms with van der Waals surface area (Å²) in [5, 5.41) is 1.51. The molecule has 0 aliphatic carbocycles. The van der Waals surface area contributed by atoms with E-state index in [1.807, 2.05) is 47.2 Å². The maximum Gasteiger partial charge on any atom is 0.419 e. The largest absolute Gasteiger partial charge is 0.419 e. The van der Waals surface area contributed by atoms with Crippen LogP contribution < -0.4 is 0 Å². The van der Waals surface area contributed by atoms with E-state index in [9.17, 15) is 22.4 Å². The molecule has 3 nitrogen and oxygen atoms in total. The van der Waals surface area contributed by atoms with Gasteiger partial charge in [-0.05, 0) is 79.4 Å². The van der Waals surface area contributed by atoms with Gasteiger partial charge in [0.05, 0.1) is 15.6 Å². The molecule has 0 bridgehead atoms. The summed E-state index contributed by atoms with van der Waals surface area (Å²) < 4.78 is 53.2. The van der Waals surface area contributed by atoms with Crippen LogP contribution in [-0.2, 0) is 23.9 Å². The number of unbranched alkanes of at least 4 members (excludes halogenated alkanes) is 1. The highest BCUT2D eigenvalue weighted by Gasteiger charge is 2.39. The molecule has 1 aliphatic heterocycles. The topological polar surface area (TPSA) is 23.6 Å². The van der Waals surface area contributed by atoms with Crippen LogP contribution in [0.1, 0.15) is 47.4 Å². The molecule has 1 saturated heterocycles. The van der Waals surface area contributed by atoms with Crippen LogP contribution in [0.15, 0.2) is 60.7 Å². The van der Waals surface area contributed by atoms with Crippen molar-refractivity contribution in [2.45, 2.75) is 50.4 Å². The van der Waals surface area contributed by atoms with Crippen LogP contribution in [-0.4, -0.2) is 41.9 Å². The number of rotatable bonds is 9. The van der Waals surface area contributed by atoms with E-state index in [0.717, 1.165) is 37.0 Å². The molecule has 214 valence electrons. The van der Waals surface area contributed by atoms with E-state index in [1.54, 1.807) is 12.1 Å². The second-order valence-electron chi connectivity index (χ2n) is 10.2. The molecule has 3 aromatic carbocycles. The molecular formula is C30H29Cl3F4N2O. The lowest BCUT2D eigenvalue weighted by Gasteiger charge is -2.29. The van der Waals surface area contributed by atoms with E-state index in [0.29, 0.717) is 40.1 Å². The zero-order valence-electron chi connectivity index (χ0n) is 21.8. The molecule has 10 heteroatoms. The Labute approximate surface area is 246 Å². The van der Waals surface area contributed by atoms with E-state index in [1.165, 1.54) is 11.6 Å². The third-order valence-corrected chi connectivity index (χ3v) is 8.36. The standard InChI is InChI=1S/C30H29Cl3F4N2O/c1-38(16-20-8-12-24(27(34)14-20)30(35,36)37)28-18-39(17-23(28)21-9-13-25(32)26(33)15-21)29(40)5-3-2-4-19-6-10-22(31)11-7-19/h6-15,23,28H,2-5,16-18H2,1H3/t23-,28+/m1/s1. The van der Waals surface area contributed by atoms with Crippen LogP contribution in [0.25, 0.3) is 0 Å². The molecule has 2 atom stereocenters. The summed E-state index contributed by atoms with van der Waals surface area (Å²) in [6.45, 7) is 1.10. The first-order valence-corrected chi connectivity index (χ1v) is 14.1. The summed E-state index contributed by atoms with van der Waals surface area (Å²) in [6, 6.07) is 15.8. The number of halogens is 7. The van der Waals surface area contributed by atoms with Gasteiger partial charge in [-0.15, -0.1) is 0 Å². The number of benzene rings is 3. The number of likely N-dealkylation sites (tertiary alicyclic amines) is 1. The second kappa shape index (κ2) is 13.1. The fourth-order valence-corrected chi connectivity index (χ4v) is 5.65. The number of amides is 1. The van der Waals surface area contributed by atoms with Gasteiger partial charge < -0.3 is 4.90 Å². The first-order chi connectivity index (χ1) is 18.9. The Morgan fingerprint density at radius 2 is 1.62 bits per heavy atom. The Morgan fingerprint density at radius 1 is 0.925 bits per heavy atom. The predicted molar refractivity (Wildman–Crippen MR) is 151 cm³/mol. The van der Waals surface area contributed by atoms with Crippen LogP contribution in [0.4, 0.5) is 17.6 Å². The van der Waals surface area contributed by atoms with Gasteiger partial charge in [0.25, 0.3) is 0 Å². The zero-order valence-corrected chi connectivity index (χ0v) is 24.1. The second-order valence-corrected chi connectivity index (χ2v) is 11.5. The highest BCUT2D eigenvalue weighted by molar-refractivity contribution is 6.42. The van der Waals surface area contributed by atoms with Crippen LogP contribution >= 0.6 is 34.8 Å². The molecule has 0 saturated carbocycles. The van der Waals surface area contributed by atoms with E-state index in [4.69, 9.17) is 34.8 Å². The number of carbonyl (C=O) groups excluding carboxylic acids is 1. The average Bonchev–Trinajstić information content (AvgIpc) is 3.34. The maximum atomic E-state index is 14.2. The highest BCUT2D eigenvalue weighted by Crippen LogP contribution is 2.36. The number of likely N-dealkylation sites (N-methyl/N-ethyl adjacent to an activating group) is 1. The molecular weight excluding hydrogens is 587 g/mol. The SMILES string of the molecule is CN(Cc1ccc(C(F)(F)F)c(F)c1)[C@H]1CN(C(=O)CCCCc2ccc(Cl)cc2)C[C@@H]1c1ccc(Cl)c(Cl)c1. The smallest absolute Gasteiger partial charge is 0.340 e. The molecule has 1 aliphatic rings. The summed E-state index contributed by atoms with van der Waals surface area (Å²) >= 11 is 18.4. The molecule has 0 radical (unpaired) electrons. The van der Waals surface area contributed by atoms with Crippen molar-refractivity contribution in [2.24, 2.45) is 0 Å². The van der Waals surface area contributed by atoms with E-state index in [-0.39, 0.29) is 24.4 Å². The van der Waals surface area contributed by atoms with Gasteiger partial charge >= 0.3 is 6.18 Å². The lowest BCUT2D eigenvalue weighted by atomic mass is 9.93. The van der Waals surface area contributed by atoms with Gasteiger partial charge in [0.2, 0.25) is 5.91 Å². The van der Waals surface area contributed by atoms with Gasteiger partial charge in [0, 0.05) is 43.0 Å². The first kappa shape index (κ1) is 30.6. The number of carbonyl (C=O) groups is 1. The van der Waals surface area contributed by atoms with Gasteiger partial charge in [-0.2, -0.15) is 13.2 Å². The predicted octanol–water partition coefficient (Wildman–Crippen LogP) is 8.64. The molecule has 0 aromatic heterocycles. The van der Waals surface area contributed by atoms with E-state index >= 15 is 0 Å². The number of aryl methyl sites for hydroxylation is 1. The molecule has 0 unspecified atom stereocenters. The van der Waals surface area contributed by atoms with E-state index in [2.05, 4.69) is 0 Å². The highest BCUT2D eigenvalue weighted by atomic mass is 35.5. The number of nitrogens with zero attached hydrogens (tertiary/aromatic N) is 2. The Morgan fingerprint density at radius 3 is 2.27 bits per heavy atom. The van der Waals surface area contributed by atoms with Crippen molar-refractivity contribution in [3.8, 4) is 0 Å². The van der Waals surface area contributed by atoms with Gasteiger partial charge in [-0.1, -0.05) is 59.1 Å². The van der Waals surface area contributed by atoms with Crippen LogP contribution in [0, 0.1) is 5.82 Å². The van der Waals surface area contributed by atoms with Gasteiger partial charge in [-0.3, -0.25) is 9.69 Å². The number of alkyl halides is 3. The van der Waals surface area contributed by atoms with Crippen molar-refractivity contribution in [1.82, 2.24) is 9.80 Å². The molecule has 40 heavy (non-hydrogen) atoms. The Balaban J connectivity index is 1.44. The maximum absolute atomic E-state index is 14.2. The fraction of sp³-hybridized carbons (Fsp3) is 0.367. The lowest BCUT2D eigenvalue weighted by Crippen LogP contribution is -2.38. The average molecular weight is 616 g/mol. The first-order valence-electron chi connectivity index (χ1n) is 13.0. The summed E-state index contributed by atoms with van der Waals surface area (Å²) in [5.74, 6) is -1.38. The van der Waals surface area contributed by atoms with Gasteiger partial charge in [-0.25, -0.2) is 4.39 Å². The van der Waals surface area contributed by atoms with E-state index < -0.39 is 17.6 Å². The number of hydrogen-bond donors (Lipinski definition) is 0. The monoisotopic (exact) mass is 614 g/mol. The van der Waals surface area contributed by atoms with Crippen LogP contribution in [0.2, 0.25) is 15.1 Å². The molecule has 3 aromatic rings. The Hall–Kier alpha value is -2.32. The summed E-state index contributed by atoms with van der Waals surface area (Å²) in [6.07, 6.45) is -1.90. The van der Waals surface area contributed by atoms with Crippen molar-refractivity contribution in [3.05, 3.63) is 104 Å². The summed E-state index contributed by atoms with van der Waals surface area (Å²) in [5.41, 5.74) is 1.19. The van der Waals surface area contributed by atoms with Gasteiger partial charge in [0.1, 0.15) is 5.82 Å². The molecule has 0 N–H and O–H groups in total. The van der Waals surface area contributed by atoms with Crippen molar-refractivity contribution in [3.63, 3.8) is 0 Å². The molecule has 0 spiro atoms. The fourth-order valence-electron chi connectivity index (χ4n) is 5.21. The normalized spacial score (nSPS) is 17.6. The number of hydrogen-bond acceptors (Lipinski definition) is 2.